The fourth-order valence-electron chi connectivity index (χ4n) is 8.25. The minimum absolute atomic E-state index is 0.0334. The van der Waals surface area contributed by atoms with Crippen molar-refractivity contribution in [2.24, 2.45) is 0 Å². The van der Waals surface area contributed by atoms with Crippen molar-refractivity contribution in [2.75, 3.05) is 26.4 Å². The Balaban J connectivity index is 4.81. The van der Waals surface area contributed by atoms with Gasteiger partial charge in [-0.15, -0.1) is 0 Å². The number of allylic oxidation sites excluding steroid dienone is 22. The molecule has 0 aliphatic rings. The van der Waals surface area contributed by atoms with E-state index < -0.39 is 57.8 Å². The van der Waals surface area contributed by atoms with E-state index in [0.29, 0.717) is 25.7 Å². The van der Waals surface area contributed by atoms with Gasteiger partial charge in [0.2, 0.25) is 0 Å². The van der Waals surface area contributed by atoms with Crippen molar-refractivity contribution in [1.82, 2.24) is 0 Å². The molecule has 3 atom stereocenters. The minimum atomic E-state index is -4.79. The SMILES string of the molecule is CC/C=C\C/C=C\C/C=C\C/C=C\C/C=C\C/C=C\CCC(=O)OC(COC(=O)CCCCCCCCC/C=C\C/C=C\C/C=C\CC)COP(=O)(O)OCC(CO)OC(=O)CCCCCCCCCCC/C=C\C/C=C\CCCCC. The van der Waals surface area contributed by atoms with E-state index in [4.69, 9.17) is 23.3 Å². The Morgan fingerprint density at radius 3 is 1.05 bits per heavy atom. The maximum Gasteiger partial charge on any atom is 0.472 e. The molecule has 0 aliphatic carbocycles. The first-order valence-corrected chi connectivity index (χ1v) is 33.6. The van der Waals surface area contributed by atoms with Crippen LogP contribution in [-0.2, 0) is 42.2 Å². The summed E-state index contributed by atoms with van der Waals surface area (Å²) in [4.78, 5) is 48.7. The zero-order chi connectivity index (χ0) is 59.8. The lowest BCUT2D eigenvalue weighted by Crippen LogP contribution is -2.30. The highest BCUT2D eigenvalue weighted by Gasteiger charge is 2.28. The largest absolute Gasteiger partial charge is 0.472 e. The van der Waals surface area contributed by atoms with Gasteiger partial charge in [0.15, 0.2) is 6.10 Å². The molecule has 3 unspecified atom stereocenters. The normalized spacial score (nSPS) is 14.2. The first kappa shape index (κ1) is 77.6. The van der Waals surface area contributed by atoms with E-state index in [1.165, 1.54) is 64.2 Å². The van der Waals surface area contributed by atoms with Crippen molar-refractivity contribution in [3.63, 3.8) is 0 Å². The molecule has 0 saturated heterocycles. The average Bonchev–Trinajstić information content (AvgIpc) is 3.50. The van der Waals surface area contributed by atoms with Crippen LogP contribution in [-0.4, -0.2) is 66.5 Å². The quantitative estimate of drug-likeness (QED) is 0.0197. The van der Waals surface area contributed by atoms with Crippen molar-refractivity contribution < 1.29 is 52.2 Å². The van der Waals surface area contributed by atoms with Crippen LogP contribution in [0.3, 0.4) is 0 Å². The molecule has 466 valence electrons. The van der Waals surface area contributed by atoms with Gasteiger partial charge in [0, 0.05) is 19.3 Å². The summed E-state index contributed by atoms with van der Waals surface area (Å²) in [6.07, 6.45) is 79.8. The monoisotopic (exact) mass is 1160 g/mol. The standard InChI is InChI=1S/C70H115O11P/c1-4-7-10-13-16-19-22-25-28-31-33-36-39-42-45-48-51-54-57-60-69(73)80-66(62-71)64-78-82(75,76)79-65-67(63-77-68(72)59-56-53-50-47-44-41-38-35-30-27-24-21-18-15-12-9-6-3)81-70(74)61-58-55-52-49-46-43-40-37-34-32-29-26-23-20-17-14-11-8-5-2/h8-9,11-12,16-21,25-30,34,37,43,46,52,55,66-67,71H,4-7,10,13-15,22-24,31-33,35-36,38-42,44-45,47-51,53-54,56-65H2,1-3H3,(H,75,76)/b11-8-,12-9-,19-16-,20-17-,21-18-,28-25-,29-26-,30-27-,37-34-,46-43-,55-52-. The molecule has 0 spiro atoms. The number of phosphoric acid groups is 1. The van der Waals surface area contributed by atoms with Crippen LogP contribution >= 0.6 is 7.82 Å². The summed E-state index contributed by atoms with van der Waals surface area (Å²) in [7, 11) is -4.79. The second kappa shape index (κ2) is 62.7. The van der Waals surface area contributed by atoms with Gasteiger partial charge in [-0.05, 0) is 122 Å². The second-order valence-corrected chi connectivity index (χ2v) is 22.3. The van der Waals surface area contributed by atoms with E-state index in [0.717, 1.165) is 122 Å². The van der Waals surface area contributed by atoms with Gasteiger partial charge < -0.3 is 24.2 Å². The average molecular weight is 1160 g/mol. The number of carbonyl (C=O) groups is 3. The lowest BCUT2D eigenvalue weighted by Gasteiger charge is -2.21. The van der Waals surface area contributed by atoms with Gasteiger partial charge in [0.05, 0.1) is 19.8 Å². The maximum absolute atomic E-state index is 13.0. The summed E-state index contributed by atoms with van der Waals surface area (Å²) in [6.45, 7) is 4.31. The van der Waals surface area contributed by atoms with Crippen LogP contribution in [0.2, 0.25) is 0 Å². The van der Waals surface area contributed by atoms with Crippen LogP contribution < -0.4 is 0 Å². The molecule has 0 aromatic rings. The number of esters is 3. The summed E-state index contributed by atoms with van der Waals surface area (Å²) in [5.74, 6) is -1.59. The first-order valence-electron chi connectivity index (χ1n) is 32.1. The summed E-state index contributed by atoms with van der Waals surface area (Å²) in [5.41, 5.74) is 0. The van der Waals surface area contributed by atoms with E-state index in [1.807, 2.05) is 12.2 Å². The van der Waals surface area contributed by atoms with Crippen molar-refractivity contribution in [1.29, 1.82) is 0 Å². The summed E-state index contributed by atoms with van der Waals surface area (Å²) >= 11 is 0. The number of ether oxygens (including phenoxy) is 3. The summed E-state index contributed by atoms with van der Waals surface area (Å²) < 4.78 is 39.6. The third-order valence-corrected chi connectivity index (χ3v) is 14.0. The molecule has 0 amide bonds. The zero-order valence-corrected chi connectivity index (χ0v) is 52.6. The number of carbonyl (C=O) groups excluding carboxylic acids is 3. The number of aliphatic hydroxyl groups is 1. The Labute approximate surface area is 500 Å². The fourth-order valence-corrected chi connectivity index (χ4v) is 9.03. The van der Waals surface area contributed by atoms with E-state index in [2.05, 4.69) is 142 Å². The predicted molar refractivity (Wildman–Crippen MR) is 343 cm³/mol. The molecule has 0 saturated carbocycles. The van der Waals surface area contributed by atoms with Crippen LogP contribution in [0.4, 0.5) is 0 Å². The number of phosphoric ester groups is 1. The highest BCUT2D eigenvalue weighted by molar-refractivity contribution is 7.47. The number of unbranched alkanes of at least 4 members (excludes halogenated alkanes) is 19. The van der Waals surface area contributed by atoms with Gasteiger partial charge in [-0.2, -0.15) is 0 Å². The van der Waals surface area contributed by atoms with E-state index in [1.54, 1.807) is 0 Å². The number of rotatable bonds is 58. The van der Waals surface area contributed by atoms with Gasteiger partial charge in [0.1, 0.15) is 12.7 Å². The molecule has 0 aromatic carbocycles. The van der Waals surface area contributed by atoms with Gasteiger partial charge in [-0.25, -0.2) is 4.57 Å². The number of hydrogen-bond acceptors (Lipinski definition) is 10. The van der Waals surface area contributed by atoms with Crippen LogP contribution in [0.25, 0.3) is 0 Å². The Morgan fingerprint density at radius 1 is 0.354 bits per heavy atom. The fraction of sp³-hybridized carbons (Fsp3) is 0.643. The Hall–Kier alpha value is -4.38. The van der Waals surface area contributed by atoms with E-state index in [9.17, 15) is 28.9 Å². The van der Waals surface area contributed by atoms with Crippen molar-refractivity contribution in [3.8, 4) is 0 Å². The van der Waals surface area contributed by atoms with E-state index >= 15 is 0 Å². The molecule has 0 aromatic heterocycles. The highest BCUT2D eigenvalue weighted by Crippen LogP contribution is 2.43. The molecule has 11 nitrogen and oxygen atoms in total. The lowest BCUT2D eigenvalue weighted by atomic mass is 10.1. The molecule has 12 heteroatoms. The third kappa shape index (κ3) is 60.2. The molecular formula is C70H115O11P. The Kier molecular flexibility index (Phi) is 59.3. The predicted octanol–water partition coefficient (Wildman–Crippen LogP) is 19.7. The second-order valence-electron chi connectivity index (χ2n) is 20.8. The summed E-state index contributed by atoms with van der Waals surface area (Å²) in [6, 6.07) is 0. The van der Waals surface area contributed by atoms with E-state index in [-0.39, 0.29) is 25.9 Å². The zero-order valence-electron chi connectivity index (χ0n) is 51.7. The highest BCUT2D eigenvalue weighted by atomic mass is 31.2. The molecule has 0 fully saturated rings. The molecule has 0 heterocycles. The van der Waals surface area contributed by atoms with Gasteiger partial charge in [-0.1, -0.05) is 244 Å². The first-order chi connectivity index (χ1) is 40.2. The van der Waals surface area contributed by atoms with Gasteiger partial charge in [-0.3, -0.25) is 23.4 Å². The molecular weight excluding hydrogens is 1050 g/mol. The summed E-state index contributed by atoms with van der Waals surface area (Å²) in [5, 5.41) is 9.86. The van der Waals surface area contributed by atoms with Crippen LogP contribution in [0.1, 0.15) is 252 Å². The number of hydrogen-bond donors (Lipinski definition) is 2. The van der Waals surface area contributed by atoms with Crippen molar-refractivity contribution in [2.45, 2.75) is 264 Å². The van der Waals surface area contributed by atoms with Crippen LogP contribution in [0, 0.1) is 0 Å². The minimum Gasteiger partial charge on any atom is -0.462 e. The van der Waals surface area contributed by atoms with Crippen molar-refractivity contribution >= 4 is 25.7 Å². The third-order valence-electron chi connectivity index (χ3n) is 13.1. The molecule has 0 radical (unpaired) electrons. The van der Waals surface area contributed by atoms with Gasteiger partial charge >= 0.3 is 25.7 Å². The molecule has 0 rings (SSSR count). The van der Waals surface area contributed by atoms with Crippen LogP contribution in [0.5, 0.6) is 0 Å². The van der Waals surface area contributed by atoms with Gasteiger partial charge in [0.25, 0.3) is 0 Å². The lowest BCUT2D eigenvalue weighted by molar-refractivity contribution is -0.161. The topological polar surface area (TPSA) is 155 Å². The number of aliphatic hydroxyl groups excluding tert-OH is 1. The Morgan fingerprint density at radius 2 is 0.659 bits per heavy atom. The van der Waals surface area contributed by atoms with Crippen molar-refractivity contribution in [3.05, 3.63) is 134 Å². The molecule has 0 bridgehead atoms. The molecule has 82 heavy (non-hydrogen) atoms. The molecule has 0 aliphatic heterocycles. The van der Waals surface area contributed by atoms with Crippen LogP contribution in [0.15, 0.2) is 134 Å². The smallest absolute Gasteiger partial charge is 0.462 e. The molecule has 2 N–H and O–H groups in total. The maximum atomic E-state index is 13.0. The Bertz CT molecular complexity index is 1890.